The van der Waals surface area contributed by atoms with Crippen molar-refractivity contribution in [2.24, 2.45) is 5.73 Å². The summed E-state index contributed by atoms with van der Waals surface area (Å²) in [6.07, 6.45) is 1.01. The third-order valence-electron chi connectivity index (χ3n) is 6.25. The van der Waals surface area contributed by atoms with Crippen LogP contribution >= 0.6 is 0 Å². The number of nitrogens with zero attached hydrogens (tertiary/aromatic N) is 1. The Hall–Kier alpha value is -2.81. The molecule has 0 spiro atoms. The van der Waals surface area contributed by atoms with Gasteiger partial charge >= 0.3 is 0 Å². The molecule has 2 fully saturated rings. The van der Waals surface area contributed by atoms with E-state index in [0.717, 1.165) is 12.0 Å². The molecule has 2 amide bonds. The largest absolute Gasteiger partial charge is 0.379 e. The molecule has 4 rings (SSSR count). The first-order valence-electron chi connectivity index (χ1n) is 11.4. The van der Waals surface area contributed by atoms with E-state index in [4.69, 9.17) is 15.2 Å². The number of carbonyl (C=O) groups excluding carboxylic acids is 2. The molecule has 176 valence electrons. The van der Waals surface area contributed by atoms with Gasteiger partial charge in [-0.2, -0.15) is 0 Å². The lowest BCUT2D eigenvalue weighted by molar-refractivity contribution is -0.138. The Morgan fingerprint density at radius 2 is 1.88 bits per heavy atom. The van der Waals surface area contributed by atoms with Crippen LogP contribution in [0.2, 0.25) is 0 Å². The van der Waals surface area contributed by atoms with Gasteiger partial charge in [0.25, 0.3) is 0 Å². The van der Waals surface area contributed by atoms with Crippen LogP contribution in [-0.4, -0.2) is 68.8 Å². The number of primary amides is 1. The first kappa shape index (κ1) is 23.4. The predicted octanol–water partition coefficient (Wildman–Crippen LogP) is 2.03. The van der Waals surface area contributed by atoms with Crippen molar-refractivity contribution in [3.05, 3.63) is 71.0 Å². The molecule has 3 N–H and O–H groups in total. The number of morpholine rings is 1. The van der Waals surface area contributed by atoms with E-state index in [1.165, 1.54) is 12.1 Å². The van der Waals surface area contributed by atoms with Gasteiger partial charge in [0.15, 0.2) is 0 Å². The minimum Gasteiger partial charge on any atom is -0.379 e. The highest BCUT2D eigenvalue weighted by molar-refractivity contribution is 5.97. The van der Waals surface area contributed by atoms with Crippen molar-refractivity contribution in [2.45, 2.75) is 24.3 Å². The minimum absolute atomic E-state index is 0.0847. The van der Waals surface area contributed by atoms with E-state index in [-0.39, 0.29) is 18.3 Å². The van der Waals surface area contributed by atoms with E-state index in [9.17, 15) is 14.0 Å². The van der Waals surface area contributed by atoms with Crippen LogP contribution in [0.5, 0.6) is 0 Å². The average molecular weight is 456 g/mol. The number of amides is 2. The molecule has 8 heteroatoms. The van der Waals surface area contributed by atoms with Crippen molar-refractivity contribution in [3.63, 3.8) is 0 Å². The molecule has 0 unspecified atom stereocenters. The molecule has 0 radical (unpaired) electrons. The Kier molecular flexibility index (Phi) is 7.69. The van der Waals surface area contributed by atoms with Crippen molar-refractivity contribution in [1.29, 1.82) is 0 Å². The maximum absolute atomic E-state index is 13.3. The van der Waals surface area contributed by atoms with E-state index in [1.54, 1.807) is 29.2 Å². The second-order valence-corrected chi connectivity index (χ2v) is 8.47. The molecular formula is C25H30FN3O4. The minimum atomic E-state index is -0.611. The Labute approximate surface area is 193 Å². The van der Waals surface area contributed by atoms with Gasteiger partial charge in [-0.1, -0.05) is 30.3 Å². The molecule has 1 aliphatic carbocycles. The van der Waals surface area contributed by atoms with E-state index >= 15 is 0 Å². The Morgan fingerprint density at radius 1 is 1.15 bits per heavy atom. The molecule has 3 atom stereocenters. The normalized spacial score (nSPS) is 20.9. The molecule has 1 saturated heterocycles. The zero-order valence-electron chi connectivity index (χ0n) is 18.5. The van der Waals surface area contributed by atoms with Gasteiger partial charge in [-0.25, -0.2) is 4.39 Å². The highest BCUT2D eigenvalue weighted by Crippen LogP contribution is 2.40. The summed E-state index contributed by atoms with van der Waals surface area (Å²) >= 11 is 0. The molecule has 1 heterocycles. The van der Waals surface area contributed by atoms with Crippen LogP contribution < -0.4 is 11.1 Å². The van der Waals surface area contributed by atoms with Crippen molar-refractivity contribution >= 4 is 11.8 Å². The Balaban J connectivity index is 1.32. The zero-order chi connectivity index (χ0) is 23.2. The number of ether oxygens (including phenoxy) is 2. The van der Waals surface area contributed by atoms with Crippen molar-refractivity contribution in [2.75, 3.05) is 46.1 Å². The molecule has 2 aromatic rings. The van der Waals surface area contributed by atoms with E-state index in [0.29, 0.717) is 62.5 Å². The van der Waals surface area contributed by atoms with Crippen LogP contribution in [0.3, 0.4) is 0 Å². The number of hydrogen-bond donors (Lipinski definition) is 2. The van der Waals surface area contributed by atoms with Crippen LogP contribution in [0.1, 0.15) is 39.7 Å². The monoisotopic (exact) mass is 455 g/mol. The maximum Gasteiger partial charge on any atom is 0.249 e. The molecule has 2 aromatic carbocycles. The molecule has 33 heavy (non-hydrogen) atoms. The quantitative estimate of drug-likeness (QED) is 0.535. The Bertz CT molecular complexity index is 962. The van der Waals surface area contributed by atoms with Gasteiger partial charge in [0.05, 0.1) is 32.3 Å². The van der Waals surface area contributed by atoms with Gasteiger partial charge in [-0.05, 0) is 35.7 Å². The van der Waals surface area contributed by atoms with Crippen molar-refractivity contribution < 1.29 is 23.5 Å². The van der Waals surface area contributed by atoms with Crippen LogP contribution in [-0.2, 0) is 14.3 Å². The summed E-state index contributed by atoms with van der Waals surface area (Å²) < 4.78 is 24.3. The van der Waals surface area contributed by atoms with Gasteiger partial charge in [0.2, 0.25) is 11.8 Å². The predicted molar refractivity (Wildman–Crippen MR) is 121 cm³/mol. The molecular weight excluding hydrogens is 425 g/mol. The molecule has 1 saturated carbocycles. The van der Waals surface area contributed by atoms with E-state index in [1.807, 2.05) is 12.1 Å². The molecule has 7 nitrogen and oxygen atoms in total. The summed E-state index contributed by atoms with van der Waals surface area (Å²) in [6, 6.07) is 13.9. The smallest absolute Gasteiger partial charge is 0.249 e. The van der Waals surface area contributed by atoms with Gasteiger partial charge < -0.3 is 25.4 Å². The lowest BCUT2D eigenvalue weighted by atomic mass is 9.93. The second-order valence-electron chi connectivity index (χ2n) is 8.47. The SMILES string of the molecule is NC(=O)c1ccccc1[C@@H](COCCN[C@@H]1C[C@H]1c1ccc(F)cc1)C(=O)N1CCOCC1. The van der Waals surface area contributed by atoms with Crippen LogP contribution in [0.4, 0.5) is 4.39 Å². The van der Waals surface area contributed by atoms with Crippen molar-refractivity contribution in [1.82, 2.24) is 10.2 Å². The number of benzene rings is 2. The van der Waals surface area contributed by atoms with Crippen molar-refractivity contribution in [3.8, 4) is 0 Å². The number of nitrogens with two attached hydrogens (primary N) is 1. The fourth-order valence-corrected chi connectivity index (χ4v) is 4.34. The first-order valence-corrected chi connectivity index (χ1v) is 11.4. The molecule has 0 bridgehead atoms. The van der Waals surface area contributed by atoms with E-state index in [2.05, 4.69) is 5.32 Å². The van der Waals surface area contributed by atoms with Crippen LogP contribution in [0.15, 0.2) is 48.5 Å². The zero-order valence-corrected chi connectivity index (χ0v) is 18.5. The summed E-state index contributed by atoms with van der Waals surface area (Å²) in [7, 11) is 0. The number of rotatable bonds is 10. The molecule has 1 aliphatic heterocycles. The fraction of sp³-hybridized carbons (Fsp3) is 0.440. The summed E-state index contributed by atoms with van der Waals surface area (Å²) in [5.74, 6) is -1.09. The van der Waals surface area contributed by atoms with Crippen LogP contribution in [0, 0.1) is 5.82 Å². The highest BCUT2D eigenvalue weighted by atomic mass is 19.1. The number of halogens is 1. The summed E-state index contributed by atoms with van der Waals surface area (Å²) in [5.41, 5.74) is 7.62. The van der Waals surface area contributed by atoms with Gasteiger partial charge in [0, 0.05) is 37.2 Å². The lowest BCUT2D eigenvalue weighted by Gasteiger charge is -2.31. The highest BCUT2D eigenvalue weighted by Gasteiger charge is 2.37. The topological polar surface area (TPSA) is 93.9 Å². The van der Waals surface area contributed by atoms with Gasteiger partial charge in [-0.15, -0.1) is 0 Å². The van der Waals surface area contributed by atoms with Crippen LogP contribution in [0.25, 0.3) is 0 Å². The first-order chi connectivity index (χ1) is 16.0. The third-order valence-corrected chi connectivity index (χ3v) is 6.25. The number of carbonyl (C=O) groups is 2. The average Bonchev–Trinajstić information content (AvgIpc) is 3.61. The second kappa shape index (κ2) is 10.9. The number of hydrogen-bond acceptors (Lipinski definition) is 5. The van der Waals surface area contributed by atoms with E-state index < -0.39 is 11.8 Å². The maximum atomic E-state index is 13.3. The summed E-state index contributed by atoms with van der Waals surface area (Å²) in [4.78, 5) is 27.0. The summed E-state index contributed by atoms with van der Waals surface area (Å²) in [5, 5.41) is 3.45. The fourth-order valence-electron chi connectivity index (χ4n) is 4.34. The third kappa shape index (κ3) is 5.96. The standard InChI is InChI=1S/C25H30FN3O4/c26-18-7-5-17(6-8-18)21-15-23(21)28-9-12-33-16-22(25(31)29-10-13-32-14-11-29)19-3-1-2-4-20(19)24(27)30/h1-8,21-23,28H,9-16H2,(H2,27,30)/t21-,22+,23+/m0/s1. The molecule has 2 aliphatic rings. The Morgan fingerprint density at radius 3 is 2.61 bits per heavy atom. The van der Waals surface area contributed by atoms with Gasteiger partial charge in [-0.3, -0.25) is 9.59 Å². The lowest BCUT2D eigenvalue weighted by Crippen LogP contribution is -2.44. The van der Waals surface area contributed by atoms with Gasteiger partial charge in [0.1, 0.15) is 5.82 Å². The molecule has 0 aromatic heterocycles. The summed E-state index contributed by atoms with van der Waals surface area (Å²) in [6.45, 7) is 3.25. The number of nitrogens with one attached hydrogen (secondary N) is 1.